The number of nitrogens with one attached hydrogen (secondary N) is 1. The van der Waals surface area contributed by atoms with Gasteiger partial charge in [0, 0.05) is 24.0 Å². The molecular weight excluding hydrogens is 407 g/mol. The maximum Gasteiger partial charge on any atom is 0.246 e. The molecule has 0 bridgehead atoms. The van der Waals surface area contributed by atoms with Gasteiger partial charge in [0.15, 0.2) is 0 Å². The lowest BCUT2D eigenvalue weighted by Gasteiger charge is -2.34. The molecule has 1 amide bonds. The van der Waals surface area contributed by atoms with Crippen LogP contribution in [0, 0.1) is 12.7 Å². The molecular formula is C21H22ClFN6O. The number of benzene rings is 1. The highest BCUT2D eigenvalue weighted by Gasteiger charge is 2.28. The summed E-state index contributed by atoms with van der Waals surface area (Å²) in [5.41, 5.74) is 4.91. The minimum Gasteiger partial charge on any atom is -0.361 e. The molecule has 0 saturated heterocycles. The molecule has 0 unspecified atom stereocenters. The fourth-order valence-corrected chi connectivity index (χ4v) is 3.69. The Kier molecular flexibility index (Phi) is 5.42. The number of likely N-dealkylation sites (N-methyl/N-ethyl adjacent to an activating group) is 1. The van der Waals surface area contributed by atoms with Gasteiger partial charge in [-0.05, 0) is 56.5 Å². The fourth-order valence-electron chi connectivity index (χ4n) is 3.52. The summed E-state index contributed by atoms with van der Waals surface area (Å²) in [5.74, 6) is -0.364. The zero-order chi connectivity index (χ0) is 21.4. The van der Waals surface area contributed by atoms with E-state index in [-0.39, 0.29) is 17.8 Å². The Hall–Kier alpha value is -3.00. The molecule has 0 fully saturated rings. The number of carbonyl (C=O) groups excluding carboxylic acids is 1. The average Bonchev–Trinajstić information content (AvgIpc) is 3.16. The SMILES string of the molecule is Cc1nc(CCc2cn(Cc3cc(F)ccc3Cl)nn2)cc2c1NC(=O)[C@H](C)N2C. The van der Waals surface area contributed by atoms with Crippen LogP contribution in [0.5, 0.6) is 0 Å². The van der Waals surface area contributed by atoms with E-state index in [1.54, 1.807) is 4.68 Å². The third-order valence-corrected chi connectivity index (χ3v) is 5.75. The minimum absolute atomic E-state index is 0.0299. The van der Waals surface area contributed by atoms with Crippen molar-refractivity contribution in [3.05, 3.63) is 63.9 Å². The summed E-state index contributed by atoms with van der Waals surface area (Å²) in [6.07, 6.45) is 3.18. The first-order valence-corrected chi connectivity index (χ1v) is 10.1. The summed E-state index contributed by atoms with van der Waals surface area (Å²) in [5, 5.41) is 11.8. The van der Waals surface area contributed by atoms with Gasteiger partial charge in [0.05, 0.1) is 29.3 Å². The van der Waals surface area contributed by atoms with Gasteiger partial charge in [0.2, 0.25) is 5.91 Å². The van der Waals surface area contributed by atoms with Crippen LogP contribution in [0.25, 0.3) is 0 Å². The number of hydrogen-bond acceptors (Lipinski definition) is 5. The molecule has 1 N–H and O–H groups in total. The predicted octanol–water partition coefficient (Wildman–Crippen LogP) is 3.38. The summed E-state index contributed by atoms with van der Waals surface area (Å²) < 4.78 is 15.1. The smallest absolute Gasteiger partial charge is 0.246 e. The van der Waals surface area contributed by atoms with Crippen molar-refractivity contribution in [3.8, 4) is 0 Å². The molecule has 0 radical (unpaired) electrons. The first-order valence-electron chi connectivity index (χ1n) is 9.69. The van der Waals surface area contributed by atoms with Gasteiger partial charge in [-0.2, -0.15) is 0 Å². The summed E-state index contributed by atoms with van der Waals surface area (Å²) in [6, 6.07) is 6.04. The number of anilines is 2. The van der Waals surface area contributed by atoms with E-state index in [9.17, 15) is 9.18 Å². The molecule has 1 atom stereocenters. The number of carbonyl (C=O) groups is 1. The highest BCUT2D eigenvalue weighted by Crippen LogP contribution is 2.33. The lowest BCUT2D eigenvalue weighted by atomic mass is 10.1. The number of hydrogen-bond donors (Lipinski definition) is 1. The van der Waals surface area contributed by atoms with Gasteiger partial charge < -0.3 is 10.2 Å². The van der Waals surface area contributed by atoms with Crippen LogP contribution in [-0.2, 0) is 24.2 Å². The third kappa shape index (κ3) is 4.00. The lowest BCUT2D eigenvalue weighted by Crippen LogP contribution is -2.44. The molecule has 0 aliphatic carbocycles. The molecule has 30 heavy (non-hydrogen) atoms. The molecule has 0 spiro atoms. The van der Waals surface area contributed by atoms with Crippen molar-refractivity contribution in [2.24, 2.45) is 0 Å². The Morgan fingerprint density at radius 1 is 1.23 bits per heavy atom. The highest BCUT2D eigenvalue weighted by atomic mass is 35.5. The second-order valence-electron chi connectivity index (χ2n) is 7.51. The molecule has 3 aromatic rings. The van der Waals surface area contributed by atoms with Crippen molar-refractivity contribution in [2.75, 3.05) is 17.3 Å². The first-order chi connectivity index (χ1) is 14.3. The zero-order valence-electron chi connectivity index (χ0n) is 17.0. The van der Waals surface area contributed by atoms with Gasteiger partial charge in [-0.1, -0.05) is 16.8 Å². The van der Waals surface area contributed by atoms with E-state index in [1.807, 2.05) is 38.1 Å². The van der Waals surface area contributed by atoms with E-state index in [0.717, 1.165) is 28.5 Å². The molecule has 0 saturated carbocycles. The van der Waals surface area contributed by atoms with Crippen LogP contribution in [0.1, 0.15) is 29.6 Å². The van der Waals surface area contributed by atoms with E-state index >= 15 is 0 Å². The van der Waals surface area contributed by atoms with Crippen LogP contribution in [0.4, 0.5) is 15.8 Å². The standard InChI is InChI=1S/C21H22ClFN6O/c1-12-20-19(28(3)13(2)21(30)25-20)9-16(24-12)5-6-17-11-29(27-26-17)10-14-8-15(23)4-7-18(14)22/h4,7-9,11,13H,5-6,10H2,1-3H3,(H,25,30)/t13-/m0/s1. The molecule has 3 heterocycles. The molecule has 9 heteroatoms. The Balaban J connectivity index is 1.46. The largest absolute Gasteiger partial charge is 0.361 e. The quantitative estimate of drug-likeness (QED) is 0.674. The van der Waals surface area contributed by atoms with Gasteiger partial charge in [0.25, 0.3) is 0 Å². The average molecular weight is 429 g/mol. The molecule has 156 valence electrons. The van der Waals surface area contributed by atoms with Crippen molar-refractivity contribution in [1.82, 2.24) is 20.0 Å². The fraction of sp³-hybridized carbons (Fsp3) is 0.333. The number of pyridine rings is 1. The summed E-state index contributed by atoms with van der Waals surface area (Å²) >= 11 is 6.13. The maximum absolute atomic E-state index is 13.5. The zero-order valence-corrected chi connectivity index (χ0v) is 17.7. The molecule has 7 nitrogen and oxygen atoms in total. The Morgan fingerprint density at radius 2 is 2.00 bits per heavy atom. The van der Waals surface area contributed by atoms with Gasteiger partial charge >= 0.3 is 0 Å². The third-order valence-electron chi connectivity index (χ3n) is 5.38. The number of aromatic nitrogens is 4. The molecule has 1 aliphatic rings. The van der Waals surface area contributed by atoms with Crippen LogP contribution < -0.4 is 10.2 Å². The molecule has 1 aromatic carbocycles. The van der Waals surface area contributed by atoms with Crippen LogP contribution in [0.15, 0.2) is 30.5 Å². The van der Waals surface area contributed by atoms with Gasteiger partial charge in [-0.3, -0.25) is 9.78 Å². The predicted molar refractivity (Wildman–Crippen MR) is 113 cm³/mol. The van der Waals surface area contributed by atoms with Gasteiger partial charge in [0.1, 0.15) is 11.9 Å². The van der Waals surface area contributed by atoms with Crippen molar-refractivity contribution in [2.45, 2.75) is 39.3 Å². The molecule has 4 rings (SSSR count). The Morgan fingerprint density at radius 3 is 2.80 bits per heavy atom. The van der Waals surface area contributed by atoms with E-state index in [4.69, 9.17) is 11.6 Å². The van der Waals surface area contributed by atoms with Gasteiger partial charge in [-0.15, -0.1) is 5.10 Å². The van der Waals surface area contributed by atoms with Crippen molar-refractivity contribution in [1.29, 1.82) is 0 Å². The topological polar surface area (TPSA) is 75.9 Å². The second-order valence-corrected chi connectivity index (χ2v) is 7.92. The second kappa shape index (κ2) is 8.02. The summed E-state index contributed by atoms with van der Waals surface area (Å²) in [7, 11) is 1.91. The Bertz CT molecular complexity index is 1110. The summed E-state index contributed by atoms with van der Waals surface area (Å²) in [6.45, 7) is 4.12. The monoisotopic (exact) mass is 428 g/mol. The number of amides is 1. The molecule has 2 aromatic heterocycles. The number of aryl methyl sites for hydroxylation is 3. The first kappa shape index (κ1) is 20.3. The normalized spacial score (nSPS) is 15.8. The van der Waals surface area contributed by atoms with Crippen molar-refractivity contribution >= 4 is 28.9 Å². The lowest BCUT2D eigenvalue weighted by molar-refractivity contribution is -0.117. The van der Waals surface area contributed by atoms with E-state index in [0.29, 0.717) is 30.0 Å². The highest BCUT2D eigenvalue weighted by molar-refractivity contribution is 6.31. The summed E-state index contributed by atoms with van der Waals surface area (Å²) in [4.78, 5) is 18.7. The van der Waals surface area contributed by atoms with Crippen molar-refractivity contribution < 1.29 is 9.18 Å². The van der Waals surface area contributed by atoms with E-state index in [2.05, 4.69) is 20.6 Å². The number of fused-ring (bicyclic) bond motifs is 1. The van der Waals surface area contributed by atoms with Crippen LogP contribution in [-0.4, -0.2) is 39.0 Å². The van der Waals surface area contributed by atoms with Gasteiger partial charge in [-0.25, -0.2) is 9.07 Å². The van der Waals surface area contributed by atoms with Crippen LogP contribution in [0.3, 0.4) is 0 Å². The maximum atomic E-state index is 13.5. The minimum atomic E-state index is -0.334. The van der Waals surface area contributed by atoms with Crippen LogP contribution >= 0.6 is 11.6 Å². The number of halogens is 2. The van der Waals surface area contributed by atoms with Crippen LogP contribution in [0.2, 0.25) is 5.02 Å². The van der Waals surface area contributed by atoms with E-state index < -0.39 is 0 Å². The Labute approximate surface area is 178 Å². The van der Waals surface area contributed by atoms with Crippen molar-refractivity contribution in [3.63, 3.8) is 0 Å². The van der Waals surface area contributed by atoms with E-state index in [1.165, 1.54) is 18.2 Å². The number of rotatable bonds is 5. The number of nitrogens with zero attached hydrogens (tertiary/aromatic N) is 5. The molecule has 1 aliphatic heterocycles.